The van der Waals surface area contributed by atoms with E-state index in [4.69, 9.17) is 15.0 Å². The van der Waals surface area contributed by atoms with Crippen LogP contribution in [-0.2, 0) is 0 Å². The summed E-state index contributed by atoms with van der Waals surface area (Å²) < 4.78 is 4.56. The molecule has 0 aliphatic rings. The maximum Gasteiger partial charge on any atom is 0.166 e. The maximum absolute atomic E-state index is 10.2. The van der Waals surface area contributed by atoms with Crippen LogP contribution in [0, 0.1) is 34.0 Å². The van der Waals surface area contributed by atoms with E-state index in [1.54, 1.807) is 0 Å². The molecule has 0 atom stereocenters. The van der Waals surface area contributed by atoms with Gasteiger partial charge in [-0.2, -0.15) is 15.8 Å². The van der Waals surface area contributed by atoms with Crippen LogP contribution in [0.15, 0.2) is 231 Å². The summed E-state index contributed by atoms with van der Waals surface area (Å²) in [6, 6.07) is 84.2. The highest BCUT2D eigenvalue weighted by Crippen LogP contribution is 2.42. The van der Waals surface area contributed by atoms with E-state index in [-0.39, 0.29) is 0 Å². The Morgan fingerprint density at radius 3 is 1.15 bits per heavy atom. The van der Waals surface area contributed by atoms with Crippen molar-refractivity contribution in [1.82, 2.24) is 24.1 Å². The highest BCUT2D eigenvalue weighted by atomic mass is 15.1. The summed E-state index contributed by atoms with van der Waals surface area (Å²) in [7, 11) is 0. The van der Waals surface area contributed by atoms with E-state index in [2.05, 4.69) is 161 Å². The van der Waals surface area contributed by atoms with Crippen LogP contribution < -0.4 is 0 Å². The van der Waals surface area contributed by atoms with E-state index in [9.17, 15) is 15.8 Å². The predicted octanol–water partition coefficient (Wildman–Crippen LogP) is 15.7. The number of hydrogen-bond donors (Lipinski definition) is 0. The van der Waals surface area contributed by atoms with E-state index >= 15 is 0 Å². The van der Waals surface area contributed by atoms with Gasteiger partial charge in [-0.3, -0.25) is 0 Å². The van der Waals surface area contributed by atoms with E-state index in [1.807, 2.05) is 97.1 Å². The SMILES string of the molecule is N#Cc1cccc(-c2ccc(-n3c4ccccc4c4ccccc43)c(-c3nc(-c4cccc(-c5ccccc5C#N)c4)nc(-c4cc(-c5cccc(C#N)c5)ccc4-n4c5ccccc5c5ccccc54)n3)c2)c1. The van der Waals surface area contributed by atoms with Crippen molar-refractivity contribution in [2.75, 3.05) is 0 Å². The second-order valence-corrected chi connectivity index (χ2v) is 18.1. The average Bonchev–Trinajstić information content (AvgIpc) is 3.99. The summed E-state index contributed by atoms with van der Waals surface area (Å²) in [5.74, 6) is 1.28. The lowest BCUT2D eigenvalue weighted by atomic mass is 9.98. The van der Waals surface area contributed by atoms with E-state index in [1.165, 1.54) is 0 Å². The Bertz CT molecular complexity index is 4210. The van der Waals surface area contributed by atoms with Crippen LogP contribution in [0.25, 0.3) is 123 Å². The topological polar surface area (TPSA) is 120 Å². The molecule has 13 rings (SSSR count). The first kappa shape index (κ1) is 43.3. The van der Waals surface area contributed by atoms with Crippen LogP contribution in [0.4, 0.5) is 0 Å². The largest absolute Gasteiger partial charge is 0.309 e. The van der Waals surface area contributed by atoms with Crippen LogP contribution in [0.5, 0.6) is 0 Å². The molecule has 8 nitrogen and oxygen atoms in total. The van der Waals surface area contributed by atoms with Crippen LogP contribution in [0.3, 0.4) is 0 Å². The Balaban J connectivity index is 1.15. The first-order chi connectivity index (χ1) is 36.5. The lowest BCUT2D eigenvalue weighted by Crippen LogP contribution is -2.06. The minimum atomic E-state index is 0.424. The van der Waals surface area contributed by atoms with Gasteiger partial charge in [-0.15, -0.1) is 0 Å². The summed E-state index contributed by atoms with van der Waals surface area (Å²) in [6.45, 7) is 0. The van der Waals surface area contributed by atoms with Gasteiger partial charge in [0, 0.05) is 38.2 Å². The van der Waals surface area contributed by atoms with Gasteiger partial charge < -0.3 is 9.13 Å². The van der Waals surface area contributed by atoms with E-state index in [0.29, 0.717) is 34.2 Å². The lowest BCUT2D eigenvalue weighted by molar-refractivity contribution is 1.06. The van der Waals surface area contributed by atoms with Gasteiger partial charge in [0.2, 0.25) is 0 Å². The Morgan fingerprint density at radius 2 is 0.676 bits per heavy atom. The molecule has 3 aromatic heterocycles. The Morgan fingerprint density at radius 1 is 0.284 bits per heavy atom. The molecule has 13 aromatic rings. The Kier molecular flexibility index (Phi) is 10.5. The number of para-hydroxylation sites is 4. The number of benzene rings is 10. The standard InChI is InChI=1S/C66H38N8/c67-39-42-14-11-17-44(34-42)46-30-32-62(73-58-26-7-3-22-52(58)53-23-4-8-27-59(53)73)56(37-46)65-70-64(49-20-13-19-48(36-49)51-21-2-1-16-50(51)41-69)71-66(72-65)57-38-47(45-18-12-15-43(35-45)40-68)31-33-63(57)74-60-28-9-5-24-54(60)55-25-6-10-29-61(55)74/h1-38H. The van der Waals surface area contributed by atoms with Crippen molar-refractivity contribution < 1.29 is 0 Å². The second kappa shape index (κ2) is 17.9. The number of fused-ring (bicyclic) bond motifs is 6. The third-order valence-electron chi connectivity index (χ3n) is 13.9. The maximum atomic E-state index is 10.2. The van der Waals surface area contributed by atoms with Crippen molar-refractivity contribution >= 4 is 43.6 Å². The van der Waals surface area contributed by atoms with Gasteiger partial charge in [0.1, 0.15) is 0 Å². The monoisotopic (exact) mass is 942 g/mol. The summed E-state index contributed by atoms with van der Waals surface area (Å²) in [6.07, 6.45) is 0. The van der Waals surface area contributed by atoms with Gasteiger partial charge in [0.05, 0.1) is 68.3 Å². The Labute approximate surface area is 425 Å². The molecule has 8 heteroatoms. The number of rotatable bonds is 8. The highest BCUT2D eigenvalue weighted by molar-refractivity contribution is 6.11. The van der Waals surface area contributed by atoms with Crippen molar-refractivity contribution in [2.24, 2.45) is 0 Å². The molecule has 0 radical (unpaired) electrons. The highest BCUT2D eigenvalue weighted by Gasteiger charge is 2.24. The second-order valence-electron chi connectivity index (χ2n) is 18.1. The fourth-order valence-electron chi connectivity index (χ4n) is 10.5. The van der Waals surface area contributed by atoms with Crippen molar-refractivity contribution in [1.29, 1.82) is 15.8 Å². The van der Waals surface area contributed by atoms with Crippen LogP contribution in [-0.4, -0.2) is 24.1 Å². The van der Waals surface area contributed by atoms with Crippen molar-refractivity contribution in [3.05, 3.63) is 247 Å². The molecule has 0 unspecified atom stereocenters. The van der Waals surface area contributed by atoms with Gasteiger partial charge in [-0.1, -0.05) is 146 Å². The first-order valence-electron chi connectivity index (χ1n) is 24.2. The van der Waals surface area contributed by atoms with Crippen LogP contribution in [0.2, 0.25) is 0 Å². The van der Waals surface area contributed by atoms with Gasteiger partial charge in [-0.05, 0) is 118 Å². The first-order valence-corrected chi connectivity index (χ1v) is 24.2. The molecule has 10 aromatic carbocycles. The zero-order valence-corrected chi connectivity index (χ0v) is 39.5. The summed E-state index contributed by atoms with van der Waals surface area (Å²) in [5.41, 5.74) is 14.8. The third-order valence-corrected chi connectivity index (χ3v) is 13.9. The molecule has 0 aliphatic heterocycles. The molecule has 342 valence electrons. The lowest BCUT2D eigenvalue weighted by Gasteiger charge is -2.18. The summed E-state index contributed by atoms with van der Waals surface area (Å²) in [5, 5.41) is 34.7. The third kappa shape index (κ3) is 7.33. The zero-order chi connectivity index (χ0) is 49.7. The predicted molar refractivity (Wildman–Crippen MR) is 295 cm³/mol. The van der Waals surface area contributed by atoms with Gasteiger partial charge in [0.15, 0.2) is 17.5 Å². The Hall–Kier alpha value is -10.7. The van der Waals surface area contributed by atoms with Crippen molar-refractivity contribution in [2.45, 2.75) is 0 Å². The smallest absolute Gasteiger partial charge is 0.166 e. The zero-order valence-electron chi connectivity index (χ0n) is 39.5. The van der Waals surface area contributed by atoms with Gasteiger partial charge in [0.25, 0.3) is 0 Å². The molecule has 74 heavy (non-hydrogen) atoms. The van der Waals surface area contributed by atoms with Gasteiger partial charge in [-0.25, -0.2) is 15.0 Å². The number of nitriles is 3. The molecule has 0 N–H and O–H groups in total. The minimum Gasteiger partial charge on any atom is -0.309 e. The van der Waals surface area contributed by atoms with E-state index in [0.717, 1.165) is 105 Å². The van der Waals surface area contributed by atoms with Crippen molar-refractivity contribution in [3.8, 4) is 97.1 Å². The molecule has 0 fully saturated rings. The molecule has 0 bridgehead atoms. The molecule has 0 saturated heterocycles. The van der Waals surface area contributed by atoms with Crippen LogP contribution in [0.1, 0.15) is 16.7 Å². The van der Waals surface area contributed by atoms with E-state index < -0.39 is 0 Å². The quantitative estimate of drug-likeness (QED) is 0.150. The minimum absolute atomic E-state index is 0.424. The summed E-state index contributed by atoms with van der Waals surface area (Å²) in [4.78, 5) is 16.6. The molecule has 0 saturated carbocycles. The molecular weight excluding hydrogens is 905 g/mol. The summed E-state index contributed by atoms with van der Waals surface area (Å²) >= 11 is 0. The molecule has 0 amide bonds. The average molecular weight is 943 g/mol. The molecule has 0 aliphatic carbocycles. The molecule has 3 heterocycles. The molecular formula is C66H38N8. The fourth-order valence-corrected chi connectivity index (χ4v) is 10.5. The fraction of sp³-hybridized carbons (Fsp3) is 0. The van der Waals surface area contributed by atoms with Crippen molar-refractivity contribution in [3.63, 3.8) is 0 Å². The number of aromatic nitrogens is 5. The number of nitrogens with zero attached hydrogens (tertiary/aromatic N) is 8. The normalized spacial score (nSPS) is 11.2. The van der Waals surface area contributed by atoms with Gasteiger partial charge >= 0.3 is 0 Å². The number of hydrogen-bond acceptors (Lipinski definition) is 6. The van der Waals surface area contributed by atoms with Crippen LogP contribution >= 0.6 is 0 Å². The molecule has 0 spiro atoms.